The van der Waals surface area contributed by atoms with E-state index in [0.717, 1.165) is 11.3 Å². The number of nitrogens with zero attached hydrogens (tertiary/aromatic N) is 3. The molecule has 3 rings (SSSR count). The Kier molecular flexibility index (Phi) is 6.51. The number of aliphatic hydroxyl groups excluding tert-OH is 1. The zero-order valence-corrected chi connectivity index (χ0v) is 17.3. The first-order valence-corrected chi connectivity index (χ1v) is 9.75. The number of alkyl carbamates (subject to hydrolysis) is 1. The van der Waals surface area contributed by atoms with Crippen LogP contribution in [0.4, 0.5) is 10.5 Å². The Morgan fingerprint density at radius 2 is 2.07 bits per heavy atom. The molecule has 0 bridgehead atoms. The topological polar surface area (TPSA) is 114 Å². The quantitative estimate of drug-likeness (QED) is 0.747. The molecule has 2 N–H and O–H groups in total. The van der Waals surface area contributed by atoms with Crippen molar-refractivity contribution in [1.29, 1.82) is 0 Å². The van der Waals surface area contributed by atoms with E-state index in [2.05, 4.69) is 15.3 Å². The second-order valence-corrected chi connectivity index (χ2v) is 7.83. The molecule has 30 heavy (non-hydrogen) atoms. The summed E-state index contributed by atoms with van der Waals surface area (Å²) in [4.78, 5) is 33.9. The molecule has 1 aliphatic heterocycles. The molecule has 0 spiro atoms. The van der Waals surface area contributed by atoms with E-state index in [0.29, 0.717) is 30.2 Å². The van der Waals surface area contributed by atoms with Crippen LogP contribution in [0.2, 0.25) is 0 Å². The summed E-state index contributed by atoms with van der Waals surface area (Å²) in [5.74, 6) is 0.893. The standard InChI is InChI=1S/C21H26N4O5/c1-21(2,3)30-20(28)22-12-14-11-18(24-13-23-14)29-17-6-4-5-16-15(17)7-8-19(27)25(16)9-10-26/h4-6,11,13,26H,7-10,12H2,1-3H3,(H,22,28). The molecule has 2 amide bonds. The molecule has 9 heteroatoms. The smallest absolute Gasteiger partial charge is 0.407 e. The number of amides is 2. The van der Waals surface area contributed by atoms with Gasteiger partial charge >= 0.3 is 6.09 Å². The molecular weight excluding hydrogens is 388 g/mol. The van der Waals surface area contributed by atoms with Crippen molar-refractivity contribution in [2.24, 2.45) is 0 Å². The highest BCUT2D eigenvalue weighted by atomic mass is 16.6. The highest BCUT2D eigenvalue weighted by Gasteiger charge is 2.26. The van der Waals surface area contributed by atoms with Gasteiger partial charge < -0.3 is 24.8 Å². The Hall–Kier alpha value is -3.20. The number of aromatic nitrogens is 2. The highest BCUT2D eigenvalue weighted by Crippen LogP contribution is 2.36. The minimum absolute atomic E-state index is 0.0220. The largest absolute Gasteiger partial charge is 0.444 e. The lowest BCUT2D eigenvalue weighted by Crippen LogP contribution is -2.37. The molecule has 1 aromatic carbocycles. The third-order valence-electron chi connectivity index (χ3n) is 4.34. The number of hydrogen-bond acceptors (Lipinski definition) is 7. The van der Waals surface area contributed by atoms with Gasteiger partial charge in [-0.25, -0.2) is 14.8 Å². The fourth-order valence-corrected chi connectivity index (χ4v) is 3.12. The minimum Gasteiger partial charge on any atom is -0.444 e. The van der Waals surface area contributed by atoms with Crippen LogP contribution in [-0.2, 0) is 22.5 Å². The van der Waals surface area contributed by atoms with Crippen LogP contribution in [0.15, 0.2) is 30.6 Å². The molecule has 1 aromatic heterocycles. The van der Waals surface area contributed by atoms with Crippen LogP contribution in [0.5, 0.6) is 11.6 Å². The maximum Gasteiger partial charge on any atom is 0.407 e. The fourth-order valence-electron chi connectivity index (χ4n) is 3.12. The third kappa shape index (κ3) is 5.44. The Morgan fingerprint density at radius 3 is 2.80 bits per heavy atom. The number of rotatable bonds is 6. The number of carbonyl (C=O) groups excluding carboxylic acids is 2. The van der Waals surface area contributed by atoms with Crippen molar-refractivity contribution in [3.63, 3.8) is 0 Å². The Bertz CT molecular complexity index is 926. The zero-order chi connectivity index (χ0) is 21.7. The molecule has 1 aliphatic rings. The summed E-state index contributed by atoms with van der Waals surface area (Å²) in [5.41, 5.74) is 1.60. The van der Waals surface area contributed by atoms with Gasteiger partial charge in [-0.2, -0.15) is 0 Å². The van der Waals surface area contributed by atoms with Crippen molar-refractivity contribution in [3.05, 3.63) is 41.9 Å². The molecule has 0 atom stereocenters. The van der Waals surface area contributed by atoms with Crippen molar-refractivity contribution >= 4 is 17.7 Å². The molecule has 2 aromatic rings. The van der Waals surface area contributed by atoms with E-state index < -0.39 is 11.7 Å². The molecule has 0 unspecified atom stereocenters. The Morgan fingerprint density at radius 1 is 1.27 bits per heavy atom. The van der Waals surface area contributed by atoms with Crippen molar-refractivity contribution in [2.75, 3.05) is 18.1 Å². The number of anilines is 1. The first-order chi connectivity index (χ1) is 14.3. The summed E-state index contributed by atoms with van der Waals surface area (Å²) in [7, 11) is 0. The number of aliphatic hydroxyl groups is 1. The van der Waals surface area contributed by atoms with Crippen LogP contribution in [0.25, 0.3) is 0 Å². The second-order valence-electron chi connectivity index (χ2n) is 7.83. The van der Waals surface area contributed by atoms with E-state index in [9.17, 15) is 14.7 Å². The summed E-state index contributed by atoms with van der Waals surface area (Å²) in [5, 5.41) is 11.9. The summed E-state index contributed by atoms with van der Waals surface area (Å²) in [6.07, 6.45) is 1.72. The van der Waals surface area contributed by atoms with Gasteiger partial charge in [-0.3, -0.25) is 4.79 Å². The van der Waals surface area contributed by atoms with Gasteiger partial charge in [0.1, 0.15) is 17.7 Å². The summed E-state index contributed by atoms with van der Waals surface area (Å²) in [6.45, 7) is 5.66. The number of nitrogens with one attached hydrogen (secondary N) is 1. The number of fused-ring (bicyclic) bond motifs is 1. The summed E-state index contributed by atoms with van der Waals surface area (Å²) >= 11 is 0. The zero-order valence-electron chi connectivity index (χ0n) is 17.3. The molecule has 0 radical (unpaired) electrons. The number of benzene rings is 1. The average molecular weight is 414 g/mol. The maximum atomic E-state index is 12.2. The molecule has 0 saturated heterocycles. The van der Waals surface area contributed by atoms with Crippen molar-refractivity contribution in [3.8, 4) is 11.6 Å². The predicted octanol–water partition coefficient (Wildman–Crippen LogP) is 2.57. The number of ether oxygens (including phenoxy) is 2. The second kappa shape index (κ2) is 9.08. The molecule has 2 heterocycles. The fraction of sp³-hybridized carbons (Fsp3) is 0.429. The first-order valence-electron chi connectivity index (χ1n) is 9.75. The van der Waals surface area contributed by atoms with Crippen molar-refractivity contribution in [2.45, 2.75) is 45.8 Å². The lowest BCUT2D eigenvalue weighted by molar-refractivity contribution is -0.119. The van der Waals surface area contributed by atoms with Gasteiger partial charge in [0, 0.05) is 24.6 Å². The summed E-state index contributed by atoms with van der Waals surface area (Å²) in [6, 6.07) is 7.08. The van der Waals surface area contributed by atoms with Gasteiger partial charge in [0.2, 0.25) is 11.8 Å². The van der Waals surface area contributed by atoms with E-state index in [1.165, 1.54) is 6.33 Å². The van der Waals surface area contributed by atoms with Crippen LogP contribution in [0.3, 0.4) is 0 Å². The van der Waals surface area contributed by atoms with Gasteiger partial charge in [-0.15, -0.1) is 0 Å². The van der Waals surface area contributed by atoms with Crippen molar-refractivity contribution in [1.82, 2.24) is 15.3 Å². The molecule has 9 nitrogen and oxygen atoms in total. The van der Waals surface area contributed by atoms with Gasteiger partial charge in [0.15, 0.2) is 0 Å². The average Bonchev–Trinajstić information content (AvgIpc) is 2.68. The SMILES string of the molecule is CC(C)(C)OC(=O)NCc1cc(Oc2cccc3c2CCC(=O)N3CCO)ncn1. The van der Waals surface area contributed by atoms with Gasteiger partial charge in [-0.1, -0.05) is 6.07 Å². The van der Waals surface area contributed by atoms with Crippen LogP contribution >= 0.6 is 0 Å². The Labute approximate surface area is 175 Å². The van der Waals surface area contributed by atoms with Gasteiger partial charge in [-0.05, 0) is 39.3 Å². The number of hydrogen-bond donors (Lipinski definition) is 2. The highest BCUT2D eigenvalue weighted by molar-refractivity contribution is 5.97. The predicted molar refractivity (Wildman–Crippen MR) is 109 cm³/mol. The van der Waals surface area contributed by atoms with E-state index in [1.54, 1.807) is 37.8 Å². The number of β-amino-alcohol motifs (C(OH)–C–C–N with tert-alkyl or cyclic N) is 1. The maximum absolute atomic E-state index is 12.2. The number of carbonyl (C=O) groups is 2. The summed E-state index contributed by atoms with van der Waals surface area (Å²) < 4.78 is 11.2. The normalized spacial score (nSPS) is 13.6. The lowest BCUT2D eigenvalue weighted by Gasteiger charge is -2.29. The molecule has 0 saturated carbocycles. The van der Waals surface area contributed by atoms with Crippen molar-refractivity contribution < 1.29 is 24.2 Å². The van der Waals surface area contributed by atoms with Crippen LogP contribution in [-0.4, -0.2) is 45.8 Å². The molecular formula is C21H26N4O5. The minimum atomic E-state index is -0.582. The van der Waals surface area contributed by atoms with E-state index in [1.807, 2.05) is 12.1 Å². The molecule has 0 aliphatic carbocycles. The third-order valence-corrected chi connectivity index (χ3v) is 4.34. The van der Waals surface area contributed by atoms with E-state index >= 15 is 0 Å². The van der Waals surface area contributed by atoms with Gasteiger partial charge in [0.05, 0.1) is 24.5 Å². The first kappa shape index (κ1) is 21.5. The van der Waals surface area contributed by atoms with E-state index in [-0.39, 0.29) is 25.6 Å². The Balaban J connectivity index is 1.73. The molecule has 160 valence electrons. The monoisotopic (exact) mass is 414 g/mol. The molecule has 0 fully saturated rings. The van der Waals surface area contributed by atoms with Crippen LogP contribution < -0.4 is 15.0 Å². The van der Waals surface area contributed by atoms with E-state index in [4.69, 9.17) is 9.47 Å². The van der Waals surface area contributed by atoms with Crippen LogP contribution in [0, 0.1) is 0 Å². The lowest BCUT2D eigenvalue weighted by atomic mass is 10.00. The van der Waals surface area contributed by atoms with Crippen LogP contribution in [0.1, 0.15) is 38.4 Å². The van der Waals surface area contributed by atoms with Gasteiger partial charge in [0.25, 0.3) is 0 Å².